The lowest BCUT2D eigenvalue weighted by Crippen LogP contribution is -2.16. The first kappa shape index (κ1) is 12.7. The fraction of sp³-hybridized carbons (Fsp3) is 0.417. The Kier molecular flexibility index (Phi) is 2.96. The minimum absolute atomic E-state index is 0.154. The Balaban J connectivity index is 2.40. The third-order valence-electron chi connectivity index (χ3n) is 3.12. The van der Waals surface area contributed by atoms with Crippen LogP contribution < -0.4 is 4.90 Å². The molecule has 0 saturated carbocycles. The van der Waals surface area contributed by atoms with Crippen molar-refractivity contribution >= 4 is 11.7 Å². The minimum atomic E-state index is -4.40. The third-order valence-corrected chi connectivity index (χ3v) is 3.12. The molecule has 1 aliphatic heterocycles. The predicted molar refractivity (Wildman–Crippen MR) is 59.7 cm³/mol. The van der Waals surface area contributed by atoms with E-state index in [1.54, 1.807) is 11.9 Å². The summed E-state index contributed by atoms with van der Waals surface area (Å²) in [5, 5.41) is 8.77. The van der Waals surface area contributed by atoms with Crippen molar-refractivity contribution in [3.8, 4) is 0 Å². The van der Waals surface area contributed by atoms with Crippen molar-refractivity contribution in [2.75, 3.05) is 18.5 Å². The van der Waals surface area contributed by atoms with E-state index in [1.807, 2.05) is 0 Å². The van der Waals surface area contributed by atoms with Gasteiger partial charge in [0, 0.05) is 25.2 Å². The Morgan fingerprint density at radius 1 is 1.50 bits per heavy atom. The molecule has 0 aliphatic carbocycles. The maximum absolute atomic E-state index is 12.6. The Morgan fingerprint density at radius 3 is 2.72 bits per heavy atom. The van der Waals surface area contributed by atoms with Crippen LogP contribution in [0, 0.1) is 0 Å². The third kappa shape index (κ3) is 2.27. The molecule has 1 aromatic rings. The number of carboxylic acid groups (broad SMARTS) is 1. The molecule has 1 N–H and O–H groups in total. The maximum Gasteiger partial charge on any atom is 0.416 e. The molecule has 0 amide bonds. The van der Waals surface area contributed by atoms with Gasteiger partial charge in [0.25, 0.3) is 0 Å². The van der Waals surface area contributed by atoms with Crippen molar-refractivity contribution < 1.29 is 23.1 Å². The highest BCUT2D eigenvalue weighted by Gasteiger charge is 2.34. The van der Waals surface area contributed by atoms with E-state index in [-0.39, 0.29) is 12.3 Å². The molecule has 1 aliphatic rings. The van der Waals surface area contributed by atoms with E-state index in [1.165, 1.54) is 6.07 Å². The van der Waals surface area contributed by atoms with Crippen molar-refractivity contribution in [3.63, 3.8) is 0 Å². The summed E-state index contributed by atoms with van der Waals surface area (Å²) in [6.45, 7) is 0.433. The van der Waals surface area contributed by atoms with Crippen molar-refractivity contribution in [2.45, 2.75) is 18.5 Å². The largest absolute Gasteiger partial charge is 0.481 e. The summed E-state index contributed by atoms with van der Waals surface area (Å²) in [6.07, 6.45) is -4.55. The van der Waals surface area contributed by atoms with Crippen LogP contribution in [0.1, 0.15) is 23.5 Å². The van der Waals surface area contributed by atoms with E-state index in [0.717, 1.165) is 12.1 Å². The van der Waals surface area contributed by atoms with Gasteiger partial charge in [0.15, 0.2) is 0 Å². The van der Waals surface area contributed by atoms with Gasteiger partial charge in [-0.2, -0.15) is 13.2 Å². The van der Waals surface area contributed by atoms with Gasteiger partial charge >= 0.3 is 12.1 Å². The number of anilines is 1. The zero-order valence-corrected chi connectivity index (χ0v) is 9.66. The summed E-state index contributed by atoms with van der Waals surface area (Å²) in [5.74, 6) is -1.39. The Bertz CT molecular complexity index is 485. The quantitative estimate of drug-likeness (QED) is 0.887. The fourth-order valence-electron chi connectivity index (χ4n) is 2.32. The second-order valence-electron chi connectivity index (χ2n) is 4.45. The van der Waals surface area contributed by atoms with E-state index in [2.05, 4.69) is 0 Å². The van der Waals surface area contributed by atoms with Gasteiger partial charge in [0.2, 0.25) is 0 Å². The zero-order chi connectivity index (χ0) is 13.5. The van der Waals surface area contributed by atoms with Crippen LogP contribution in [-0.4, -0.2) is 24.7 Å². The van der Waals surface area contributed by atoms with Gasteiger partial charge in [-0.15, -0.1) is 0 Å². The van der Waals surface area contributed by atoms with Crippen LogP contribution in [0.4, 0.5) is 18.9 Å². The fourth-order valence-corrected chi connectivity index (χ4v) is 2.32. The topological polar surface area (TPSA) is 40.5 Å². The van der Waals surface area contributed by atoms with Gasteiger partial charge in [-0.3, -0.25) is 4.79 Å². The summed E-state index contributed by atoms with van der Waals surface area (Å²) < 4.78 is 37.8. The number of carboxylic acids is 1. The van der Waals surface area contributed by atoms with Crippen LogP contribution in [0.2, 0.25) is 0 Å². The lowest BCUT2D eigenvalue weighted by molar-refractivity contribution is -0.138. The van der Waals surface area contributed by atoms with E-state index < -0.39 is 17.7 Å². The summed E-state index contributed by atoms with van der Waals surface area (Å²) in [4.78, 5) is 12.5. The van der Waals surface area contributed by atoms with Crippen LogP contribution in [0.25, 0.3) is 0 Å². The Morgan fingerprint density at radius 2 is 2.17 bits per heavy atom. The normalized spacial score (nSPS) is 18.9. The summed E-state index contributed by atoms with van der Waals surface area (Å²) in [5.41, 5.74) is 0.413. The first-order valence-corrected chi connectivity index (χ1v) is 5.43. The minimum Gasteiger partial charge on any atom is -0.481 e. The number of nitrogens with zero attached hydrogens (tertiary/aromatic N) is 1. The highest BCUT2D eigenvalue weighted by atomic mass is 19.4. The number of likely N-dealkylation sites (N-methyl/N-ethyl adjacent to an activating group) is 1. The summed E-state index contributed by atoms with van der Waals surface area (Å²) in [7, 11) is 1.74. The van der Waals surface area contributed by atoms with Crippen LogP contribution in [0.5, 0.6) is 0 Å². The van der Waals surface area contributed by atoms with Crippen LogP contribution in [-0.2, 0) is 11.0 Å². The van der Waals surface area contributed by atoms with E-state index in [4.69, 9.17) is 5.11 Å². The van der Waals surface area contributed by atoms with Crippen molar-refractivity contribution in [2.24, 2.45) is 0 Å². The molecule has 1 unspecified atom stereocenters. The first-order chi connectivity index (χ1) is 8.29. The molecular formula is C12H12F3NO2. The lowest BCUT2D eigenvalue weighted by Gasteiger charge is -2.13. The molecule has 18 heavy (non-hydrogen) atoms. The molecule has 98 valence electrons. The van der Waals surface area contributed by atoms with Crippen LogP contribution in [0.3, 0.4) is 0 Å². The number of alkyl halides is 3. The molecular weight excluding hydrogens is 247 g/mol. The van der Waals surface area contributed by atoms with Gasteiger partial charge in [-0.05, 0) is 23.8 Å². The molecule has 3 nitrogen and oxygen atoms in total. The van der Waals surface area contributed by atoms with E-state index >= 15 is 0 Å². The number of halogens is 3. The molecule has 1 heterocycles. The van der Waals surface area contributed by atoms with Gasteiger partial charge < -0.3 is 10.0 Å². The summed E-state index contributed by atoms with van der Waals surface area (Å²) in [6, 6.07) is 3.49. The monoisotopic (exact) mass is 259 g/mol. The highest BCUT2D eigenvalue weighted by molar-refractivity contribution is 5.71. The number of rotatable bonds is 2. The van der Waals surface area contributed by atoms with E-state index in [9.17, 15) is 18.0 Å². The molecule has 0 bridgehead atoms. The van der Waals surface area contributed by atoms with Gasteiger partial charge in [-0.1, -0.05) is 0 Å². The molecule has 0 radical (unpaired) electrons. The molecule has 0 saturated heterocycles. The number of aliphatic carboxylic acids is 1. The predicted octanol–water partition coefficient (Wildman–Crippen LogP) is 2.71. The lowest BCUT2D eigenvalue weighted by atomic mass is 9.96. The SMILES string of the molecule is CN1CC(CC(=O)O)c2cc(C(F)(F)F)ccc21. The summed E-state index contributed by atoms with van der Waals surface area (Å²) >= 11 is 0. The van der Waals surface area contributed by atoms with Crippen molar-refractivity contribution in [1.82, 2.24) is 0 Å². The maximum atomic E-state index is 12.6. The molecule has 1 aromatic carbocycles. The molecule has 1 atom stereocenters. The highest BCUT2D eigenvalue weighted by Crippen LogP contribution is 2.40. The van der Waals surface area contributed by atoms with E-state index in [0.29, 0.717) is 17.8 Å². The van der Waals surface area contributed by atoms with Crippen LogP contribution >= 0.6 is 0 Å². The number of carbonyl (C=O) groups is 1. The average Bonchev–Trinajstić information content (AvgIpc) is 2.53. The first-order valence-electron chi connectivity index (χ1n) is 5.43. The van der Waals surface area contributed by atoms with Crippen molar-refractivity contribution in [1.29, 1.82) is 0 Å². The standard InChI is InChI=1S/C12H12F3NO2/c1-16-6-7(4-11(17)18)9-5-8(12(13,14)15)2-3-10(9)16/h2-3,5,7H,4,6H2,1H3,(H,17,18). The number of fused-ring (bicyclic) bond motifs is 1. The molecule has 2 rings (SSSR count). The molecule has 0 aromatic heterocycles. The average molecular weight is 259 g/mol. The van der Waals surface area contributed by atoms with Gasteiger partial charge in [-0.25, -0.2) is 0 Å². The Hall–Kier alpha value is -1.72. The Labute approximate surface area is 102 Å². The molecule has 0 spiro atoms. The molecule has 6 heteroatoms. The second kappa shape index (κ2) is 4.19. The smallest absolute Gasteiger partial charge is 0.416 e. The molecule has 0 fully saturated rings. The number of benzene rings is 1. The van der Waals surface area contributed by atoms with Gasteiger partial charge in [0.05, 0.1) is 12.0 Å². The second-order valence-corrected chi connectivity index (χ2v) is 4.45. The van der Waals surface area contributed by atoms with Crippen molar-refractivity contribution in [3.05, 3.63) is 29.3 Å². The zero-order valence-electron chi connectivity index (χ0n) is 9.66. The van der Waals surface area contributed by atoms with Gasteiger partial charge in [0.1, 0.15) is 0 Å². The van der Waals surface area contributed by atoms with Crippen LogP contribution in [0.15, 0.2) is 18.2 Å². The number of hydrogen-bond donors (Lipinski definition) is 1. The number of hydrogen-bond acceptors (Lipinski definition) is 2.